The summed E-state index contributed by atoms with van der Waals surface area (Å²) in [5.74, 6) is 0.424. The van der Waals surface area contributed by atoms with E-state index in [9.17, 15) is 4.79 Å². The van der Waals surface area contributed by atoms with Crippen LogP contribution in [0.5, 0.6) is 5.75 Å². The Bertz CT molecular complexity index is 1240. The molecule has 4 rings (SSSR count). The third-order valence-electron chi connectivity index (χ3n) is 4.60. The Morgan fingerprint density at radius 3 is 2.77 bits per heavy atom. The van der Waals surface area contributed by atoms with E-state index in [-0.39, 0.29) is 10.9 Å². The first-order chi connectivity index (χ1) is 15.0. The molecular weight excluding hydrogens is 437 g/mol. The van der Waals surface area contributed by atoms with Crippen molar-refractivity contribution in [2.45, 2.75) is 0 Å². The Kier molecular flexibility index (Phi) is 6.42. The van der Waals surface area contributed by atoms with Gasteiger partial charge in [-0.3, -0.25) is 4.79 Å². The highest BCUT2D eigenvalue weighted by Gasteiger charge is 2.12. The molecule has 2 aromatic carbocycles. The van der Waals surface area contributed by atoms with Crippen LogP contribution in [0.1, 0.15) is 10.4 Å². The maximum Gasteiger partial charge on any atom is 0.257 e. The summed E-state index contributed by atoms with van der Waals surface area (Å²) in [6.07, 6.45) is 1.59. The average Bonchev–Trinajstić information content (AvgIpc) is 3.17. The van der Waals surface area contributed by atoms with E-state index in [1.165, 1.54) is 6.07 Å². The summed E-state index contributed by atoms with van der Waals surface area (Å²) in [5.41, 5.74) is 3.47. The first-order valence-corrected chi connectivity index (χ1v) is 10.3. The highest BCUT2D eigenvalue weighted by Crippen LogP contribution is 2.28. The molecule has 0 spiro atoms. The highest BCUT2D eigenvalue weighted by molar-refractivity contribution is 6.37. The van der Waals surface area contributed by atoms with E-state index in [0.717, 1.165) is 22.4 Å². The molecule has 1 amide bonds. The normalized spacial score (nSPS) is 10.9. The number of hydrogen-bond donors (Lipinski definition) is 2. The smallest absolute Gasteiger partial charge is 0.257 e. The summed E-state index contributed by atoms with van der Waals surface area (Å²) in [5, 5.41) is 4.44. The molecule has 0 saturated carbocycles. The molecule has 0 aliphatic carbocycles. The van der Waals surface area contributed by atoms with Crippen LogP contribution in [0.2, 0.25) is 10.0 Å². The first kappa shape index (κ1) is 21.2. The summed E-state index contributed by atoms with van der Waals surface area (Å²) >= 11 is 12.0. The fourth-order valence-corrected chi connectivity index (χ4v) is 3.60. The highest BCUT2D eigenvalue weighted by atomic mass is 35.5. The minimum Gasteiger partial charge on any atom is -0.491 e. The van der Waals surface area contributed by atoms with Crippen molar-refractivity contribution < 1.29 is 14.3 Å². The van der Waals surface area contributed by atoms with E-state index < -0.39 is 0 Å². The van der Waals surface area contributed by atoms with Gasteiger partial charge in [0, 0.05) is 28.8 Å². The molecule has 158 valence electrons. The number of halogens is 2. The number of carbonyl (C=O) groups excluding carboxylic acids is 1. The number of rotatable bonds is 7. The van der Waals surface area contributed by atoms with E-state index in [1.54, 1.807) is 25.4 Å². The lowest BCUT2D eigenvalue weighted by atomic mass is 10.1. The number of amides is 1. The number of hydrogen-bond acceptors (Lipinski definition) is 4. The molecule has 0 aliphatic rings. The number of nitrogens with zero attached hydrogens (tertiary/aromatic N) is 1. The molecular formula is C23H19Cl2N3O3. The van der Waals surface area contributed by atoms with Crippen molar-refractivity contribution in [3.63, 3.8) is 0 Å². The van der Waals surface area contributed by atoms with Crippen LogP contribution in [0.4, 0.5) is 5.69 Å². The number of H-pyrrole nitrogens is 1. The first-order valence-electron chi connectivity index (χ1n) is 9.51. The lowest BCUT2D eigenvalue weighted by Gasteiger charge is -2.07. The van der Waals surface area contributed by atoms with Gasteiger partial charge in [-0.25, -0.2) is 4.98 Å². The van der Waals surface area contributed by atoms with Gasteiger partial charge in [0.05, 0.1) is 29.1 Å². The predicted octanol–water partition coefficient (Wildman–Crippen LogP) is 5.81. The second-order valence-electron chi connectivity index (χ2n) is 6.79. The Hall–Kier alpha value is -3.06. The third-order valence-corrected chi connectivity index (χ3v) is 5.15. The number of anilines is 1. The van der Waals surface area contributed by atoms with Gasteiger partial charge in [-0.2, -0.15) is 0 Å². The Labute approximate surface area is 189 Å². The molecule has 8 heteroatoms. The molecule has 2 N–H and O–H groups in total. The van der Waals surface area contributed by atoms with Crippen molar-refractivity contribution >= 4 is 45.8 Å². The summed E-state index contributed by atoms with van der Waals surface area (Å²) in [4.78, 5) is 20.3. The van der Waals surface area contributed by atoms with Crippen LogP contribution in [-0.4, -0.2) is 36.2 Å². The molecule has 0 fully saturated rings. The summed E-state index contributed by atoms with van der Waals surface area (Å²) in [7, 11) is 1.64. The molecule has 2 heterocycles. The second kappa shape index (κ2) is 9.39. The summed E-state index contributed by atoms with van der Waals surface area (Å²) in [6.45, 7) is 1.01. The van der Waals surface area contributed by atoms with Crippen molar-refractivity contribution in [2.24, 2.45) is 0 Å². The molecule has 0 unspecified atom stereocenters. The lowest BCUT2D eigenvalue weighted by Crippen LogP contribution is -2.12. The van der Waals surface area contributed by atoms with Crippen LogP contribution >= 0.6 is 23.2 Å². The number of methoxy groups -OCH3 is 1. The van der Waals surface area contributed by atoms with Crippen LogP contribution in [0.25, 0.3) is 22.3 Å². The number of aromatic nitrogens is 2. The number of fused-ring (bicyclic) bond motifs is 1. The van der Waals surface area contributed by atoms with E-state index in [1.807, 2.05) is 36.4 Å². The van der Waals surface area contributed by atoms with Gasteiger partial charge in [-0.15, -0.1) is 0 Å². The van der Waals surface area contributed by atoms with Crippen LogP contribution < -0.4 is 10.1 Å². The van der Waals surface area contributed by atoms with E-state index >= 15 is 0 Å². The third kappa shape index (κ3) is 4.99. The molecule has 6 nitrogen and oxygen atoms in total. The minimum atomic E-state index is -0.334. The maximum atomic E-state index is 12.6. The van der Waals surface area contributed by atoms with Gasteiger partial charge in [0.1, 0.15) is 18.0 Å². The molecule has 4 aromatic rings. The van der Waals surface area contributed by atoms with Crippen molar-refractivity contribution in [1.29, 1.82) is 0 Å². The van der Waals surface area contributed by atoms with E-state index in [0.29, 0.717) is 35.1 Å². The quantitative estimate of drug-likeness (QED) is 0.344. The van der Waals surface area contributed by atoms with Crippen molar-refractivity contribution in [3.05, 3.63) is 76.4 Å². The molecule has 0 atom stereocenters. The zero-order valence-electron chi connectivity index (χ0n) is 16.6. The summed E-state index contributed by atoms with van der Waals surface area (Å²) < 4.78 is 10.7. The lowest BCUT2D eigenvalue weighted by molar-refractivity contribution is 0.102. The predicted molar refractivity (Wildman–Crippen MR) is 123 cm³/mol. The molecule has 0 radical (unpaired) electrons. The SMILES string of the molecule is COCCOc1cccc(-c2cc3cc(NC(=O)c4ccc(Cl)cc4Cl)cnc3[nH]2)c1. The average molecular weight is 456 g/mol. The van der Waals surface area contributed by atoms with Gasteiger partial charge in [-0.1, -0.05) is 35.3 Å². The molecule has 0 aliphatic heterocycles. The van der Waals surface area contributed by atoms with Crippen LogP contribution in [0.3, 0.4) is 0 Å². The largest absolute Gasteiger partial charge is 0.491 e. The van der Waals surface area contributed by atoms with Gasteiger partial charge in [-0.05, 0) is 42.5 Å². The number of ether oxygens (including phenoxy) is 2. The second-order valence-corrected chi connectivity index (χ2v) is 7.64. The summed E-state index contributed by atoms with van der Waals surface area (Å²) in [6, 6.07) is 16.3. The molecule has 0 saturated heterocycles. The zero-order valence-corrected chi connectivity index (χ0v) is 18.1. The number of aromatic amines is 1. The fourth-order valence-electron chi connectivity index (χ4n) is 3.11. The van der Waals surface area contributed by atoms with Gasteiger partial charge in [0.2, 0.25) is 0 Å². The van der Waals surface area contributed by atoms with Crippen LogP contribution in [-0.2, 0) is 4.74 Å². The number of carbonyl (C=O) groups is 1. The maximum absolute atomic E-state index is 12.6. The Morgan fingerprint density at radius 1 is 1.10 bits per heavy atom. The number of nitrogens with one attached hydrogen (secondary N) is 2. The van der Waals surface area contributed by atoms with Gasteiger partial charge in [0.15, 0.2) is 0 Å². The molecule has 2 aromatic heterocycles. The number of benzene rings is 2. The van der Waals surface area contributed by atoms with Crippen molar-refractivity contribution in [1.82, 2.24) is 9.97 Å². The minimum absolute atomic E-state index is 0.288. The van der Waals surface area contributed by atoms with E-state index in [4.69, 9.17) is 32.7 Å². The van der Waals surface area contributed by atoms with Crippen molar-refractivity contribution in [3.8, 4) is 17.0 Å². The van der Waals surface area contributed by atoms with Gasteiger partial charge < -0.3 is 19.8 Å². The van der Waals surface area contributed by atoms with Gasteiger partial charge >= 0.3 is 0 Å². The van der Waals surface area contributed by atoms with Crippen LogP contribution in [0.15, 0.2) is 60.8 Å². The van der Waals surface area contributed by atoms with Crippen molar-refractivity contribution in [2.75, 3.05) is 25.6 Å². The van der Waals surface area contributed by atoms with Gasteiger partial charge in [0.25, 0.3) is 5.91 Å². The zero-order chi connectivity index (χ0) is 21.8. The van der Waals surface area contributed by atoms with E-state index in [2.05, 4.69) is 15.3 Å². The Balaban J connectivity index is 1.54. The van der Waals surface area contributed by atoms with Crippen LogP contribution in [0, 0.1) is 0 Å². The number of pyridine rings is 1. The monoisotopic (exact) mass is 455 g/mol. The topological polar surface area (TPSA) is 76.2 Å². The molecule has 31 heavy (non-hydrogen) atoms. The Morgan fingerprint density at radius 2 is 1.97 bits per heavy atom. The standard InChI is InChI=1S/C23H19Cl2N3O3/c1-30-7-8-31-18-4-2-3-14(10-18)21-11-15-9-17(13-26-22(15)28-21)27-23(29)19-6-5-16(24)12-20(19)25/h2-6,9-13H,7-8H2,1H3,(H,26,28)(H,27,29). The fraction of sp³-hybridized carbons (Fsp3) is 0.130. The molecule has 0 bridgehead atoms.